The van der Waals surface area contributed by atoms with Crippen LogP contribution in [0.5, 0.6) is 0 Å². The first-order valence-corrected chi connectivity index (χ1v) is 6.74. The van der Waals surface area contributed by atoms with Gasteiger partial charge in [0.15, 0.2) is 0 Å². The minimum atomic E-state index is -0.0232. The lowest BCUT2D eigenvalue weighted by molar-refractivity contribution is 0.454. The molecule has 1 unspecified atom stereocenters. The molecule has 3 rings (SSSR count). The molecule has 0 saturated carbocycles. The molecular formula is C15H14ClN3O. The van der Waals surface area contributed by atoms with Gasteiger partial charge in [-0.3, -0.25) is 4.98 Å². The number of nitrogens with one attached hydrogen (secondary N) is 1. The lowest BCUT2D eigenvalue weighted by Crippen LogP contribution is -2.07. The van der Waals surface area contributed by atoms with E-state index in [0.717, 1.165) is 22.4 Å². The van der Waals surface area contributed by atoms with Crippen molar-refractivity contribution < 1.29 is 4.42 Å². The Morgan fingerprint density at radius 2 is 2.10 bits per heavy atom. The highest BCUT2D eigenvalue weighted by atomic mass is 35.5. The maximum atomic E-state index is 5.99. The zero-order valence-electron chi connectivity index (χ0n) is 11.2. The molecule has 0 fully saturated rings. The zero-order chi connectivity index (χ0) is 14.1. The summed E-state index contributed by atoms with van der Waals surface area (Å²) < 4.78 is 5.54. The lowest BCUT2D eigenvalue weighted by atomic mass is 10.1. The molecule has 2 heterocycles. The van der Waals surface area contributed by atoms with Gasteiger partial charge in [0, 0.05) is 22.3 Å². The van der Waals surface area contributed by atoms with Crippen LogP contribution >= 0.6 is 11.6 Å². The number of aryl methyl sites for hydroxylation is 1. The predicted molar refractivity (Wildman–Crippen MR) is 80.0 cm³/mol. The molecule has 1 atom stereocenters. The van der Waals surface area contributed by atoms with Gasteiger partial charge in [0.05, 0.1) is 11.7 Å². The van der Waals surface area contributed by atoms with Gasteiger partial charge in [-0.25, -0.2) is 4.98 Å². The van der Waals surface area contributed by atoms with Gasteiger partial charge in [0.25, 0.3) is 0 Å². The van der Waals surface area contributed by atoms with Crippen molar-refractivity contribution in [2.45, 2.75) is 19.9 Å². The molecule has 0 bridgehead atoms. The topological polar surface area (TPSA) is 51.0 Å². The highest BCUT2D eigenvalue weighted by molar-refractivity contribution is 6.31. The first kappa shape index (κ1) is 12.9. The molecule has 1 N–H and O–H groups in total. The third-order valence-electron chi connectivity index (χ3n) is 3.09. The van der Waals surface area contributed by atoms with Crippen LogP contribution in [0.25, 0.3) is 10.9 Å². The molecule has 2 aromatic heterocycles. The van der Waals surface area contributed by atoms with E-state index in [9.17, 15) is 0 Å². The van der Waals surface area contributed by atoms with Crippen molar-refractivity contribution in [2.75, 3.05) is 5.32 Å². The van der Waals surface area contributed by atoms with Crippen LogP contribution in [0, 0.1) is 6.92 Å². The SMILES string of the molecule is Cc1cnc(C(C)Nc2ccnc3cc(Cl)ccc23)o1. The Bertz CT molecular complexity index is 754. The van der Waals surface area contributed by atoms with Crippen molar-refractivity contribution in [3.8, 4) is 0 Å². The Morgan fingerprint density at radius 1 is 1.25 bits per heavy atom. The summed E-state index contributed by atoms with van der Waals surface area (Å²) in [6.07, 6.45) is 3.48. The molecule has 0 amide bonds. The van der Waals surface area contributed by atoms with E-state index in [4.69, 9.17) is 16.0 Å². The number of hydrogen-bond acceptors (Lipinski definition) is 4. The summed E-state index contributed by atoms with van der Waals surface area (Å²) in [5, 5.41) is 5.09. The molecule has 1 aromatic carbocycles. The van der Waals surface area contributed by atoms with Gasteiger partial charge in [-0.05, 0) is 38.1 Å². The van der Waals surface area contributed by atoms with Crippen LogP contribution in [0.4, 0.5) is 5.69 Å². The average molecular weight is 288 g/mol. The van der Waals surface area contributed by atoms with Crippen LogP contribution in [-0.2, 0) is 0 Å². The molecule has 20 heavy (non-hydrogen) atoms. The standard InChI is InChI=1S/C15H14ClN3O/c1-9-8-18-15(20-9)10(2)19-13-5-6-17-14-7-11(16)3-4-12(13)14/h3-8,10H,1-2H3,(H,17,19). The molecule has 4 nitrogen and oxygen atoms in total. The maximum absolute atomic E-state index is 5.99. The summed E-state index contributed by atoms with van der Waals surface area (Å²) in [6, 6.07) is 7.58. The van der Waals surface area contributed by atoms with Gasteiger partial charge >= 0.3 is 0 Å². The highest BCUT2D eigenvalue weighted by Gasteiger charge is 2.12. The molecule has 0 aliphatic heterocycles. The number of fused-ring (bicyclic) bond motifs is 1. The summed E-state index contributed by atoms with van der Waals surface area (Å²) in [5.41, 5.74) is 1.84. The molecule has 102 valence electrons. The van der Waals surface area contributed by atoms with Gasteiger partial charge in [-0.1, -0.05) is 11.6 Å². The number of halogens is 1. The molecule has 0 radical (unpaired) electrons. The predicted octanol–water partition coefficient (Wildman–Crippen LogP) is 4.36. The maximum Gasteiger partial charge on any atom is 0.216 e. The van der Waals surface area contributed by atoms with Crippen LogP contribution in [0.15, 0.2) is 41.1 Å². The number of rotatable bonds is 3. The van der Waals surface area contributed by atoms with Crippen molar-refractivity contribution in [3.63, 3.8) is 0 Å². The molecule has 0 aliphatic carbocycles. The average Bonchev–Trinajstić information content (AvgIpc) is 2.85. The minimum absolute atomic E-state index is 0.0232. The van der Waals surface area contributed by atoms with Gasteiger partial charge in [-0.15, -0.1) is 0 Å². The minimum Gasteiger partial charge on any atom is -0.444 e. The molecule has 3 aromatic rings. The van der Waals surface area contributed by atoms with Gasteiger partial charge < -0.3 is 9.73 Å². The van der Waals surface area contributed by atoms with Crippen LogP contribution in [-0.4, -0.2) is 9.97 Å². The second-order valence-electron chi connectivity index (χ2n) is 4.70. The van der Waals surface area contributed by atoms with E-state index in [1.54, 1.807) is 12.4 Å². The summed E-state index contributed by atoms with van der Waals surface area (Å²) in [5.74, 6) is 1.47. The molecule has 5 heteroatoms. The first-order valence-electron chi connectivity index (χ1n) is 6.36. The van der Waals surface area contributed by atoms with Crippen LogP contribution in [0.1, 0.15) is 24.6 Å². The molecular weight excluding hydrogens is 274 g/mol. The summed E-state index contributed by atoms with van der Waals surface area (Å²) >= 11 is 5.99. The van der Waals surface area contributed by atoms with Gasteiger partial charge in [-0.2, -0.15) is 0 Å². The van der Waals surface area contributed by atoms with E-state index in [2.05, 4.69) is 15.3 Å². The second-order valence-corrected chi connectivity index (χ2v) is 5.13. The Kier molecular flexibility index (Phi) is 3.32. The van der Waals surface area contributed by atoms with Crippen LogP contribution in [0.2, 0.25) is 5.02 Å². The molecule has 0 spiro atoms. The van der Waals surface area contributed by atoms with Crippen LogP contribution in [0.3, 0.4) is 0 Å². The Morgan fingerprint density at radius 3 is 2.85 bits per heavy atom. The molecule has 0 aliphatic rings. The normalized spacial score (nSPS) is 12.6. The fourth-order valence-electron chi connectivity index (χ4n) is 2.11. The van der Waals surface area contributed by atoms with E-state index in [-0.39, 0.29) is 6.04 Å². The van der Waals surface area contributed by atoms with Gasteiger partial charge in [0.2, 0.25) is 5.89 Å². The number of nitrogens with zero attached hydrogens (tertiary/aromatic N) is 2. The number of aromatic nitrogens is 2. The number of hydrogen-bond donors (Lipinski definition) is 1. The van der Waals surface area contributed by atoms with E-state index >= 15 is 0 Å². The van der Waals surface area contributed by atoms with Crippen molar-refractivity contribution in [3.05, 3.63) is 53.3 Å². The lowest BCUT2D eigenvalue weighted by Gasteiger charge is -2.14. The fraction of sp³-hybridized carbons (Fsp3) is 0.200. The highest BCUT2D eigenvalue weighted by Crippen LogP contribution is 2.27. The summed E-state index contributed by atoms with van der Waals surface area (Å²) in [4.78, 5) is 8.56. The number of pyridine rings is 1. The van der Waals surface area contributed by atoms with Crippen molar-refractivity contribution in [2.24, 2.45) is 0 Å². The van der Waals surface area contributed by atoms with E-state index in [0.29, 0.717) is 10.9 Å². The summed E-state index contributed by atoms with van der Waals surface area (Å²) in [7, 11) is 0. The van der Waals surface area contributed by atoms with E-state index in [1.165, 1.54) is 0 Å². The Hall–Kier alpha value is -2.07. The second kappa shape index (κ2) is 5.13. The number of oxazole rings is 1. The van der Waals surface area contributed by atoms with Crippen molar-refractivity contribution in [1.29, 1.82) is 0 Å². The monoisotopic (exact) mass is 287 g/mol. The van der Waals surface area contributed by atoms with Gasteiger partial charge in [0.1, 0.15) is 11.8 Å². The van der Waals surface area contributed by atoms with Crippen LogP contribution < -0.4 is 5.32 Å². The third kappa shape index (κ3) is 2.47. The van der Waals surface area contributed by atoms with E-state index in [1.807, 2.05) is 38.1 Å². The Balaban J connectivity index is 1.94. The first-order chi connectivity index (χ1) is 9.63. The fourth-order valence-corrected chi connectivity index (χ4v) is 2.28. The quantitative estimate of drug-likeness (QED) is 0.778. The summed E-state index contributed by atoms with van der Waals surface area (Å²) in [6.45, 7) is 3.89. The smallest absolute Gasteiger partial charge is 0.216 e. The molecule has 0 saturated heterocycles. The zero-order valence-corrected chi connectivity index (χ0v) is 12.0. The van der Waals surface area contributed by atoms with Crippen molar-refractivity contribution in [1.82, 2.24) is 9.97 Å². The third-order valence-corrected chi connectivity index (χ3v) is 3.32. The number of anilines is 1. The number of benzene rings is 1. The van der Waals surface area contributed by atoms with Crippen molar-refractivity contribution >= 4 is 28.2 Å². The largest absolute Gasteiger partial charge is 0.444 e. The van der Waals surface area contributed by atoms with E-state index < -0.39 is 0 Å². The Labute approximate surface area is 121 Å².